The minimum atomic E-state index is -0.239. The third-order valence-electron chi connectivity index (χ3n) is 4.55. The lowest BCUT2D eigenvalue weighted by molar-refractivity contribution is -0.109. The lowest BCUT2D eigenvalue weighted by atomic mass is 9.86. The van der Waals surface area contributed by atoms with Crippen molar-refractivity contribution in [2.75, 3.05) is 0 Å². The maximum absolute atomic E-state index is 13.6. The van der Waals surface area contributed by atoms with Crippen molar-refractivity contribution < 1.29 is 9.18 Å². The molecule has 1 atom stereocenters. The Morgan fingerprint density at radius 2 is 2.16 bits per heavy atom. The molecule has 1 aliphatic rings. The standard InChI is InChI=1S/C20H17FN2OS/c1-12-7-14(9-15(21)8-12)19-10-22-20(25-19)18-6-5-16-13(11-24)3-2-4-17(16)23-18/h5-11,13H,2-4H2,1H3. The quantitative estimate of drug-likeness (QED) is 0.627. The van der Waals surface area contributed by atoms with Gasteiger partial charge < -0.3 is 4.79 Å². The van der Waals surface area contributed by atoms with Gasteiger partial charge in [-0.15, -0.1) is 11.3 Å². The van der Waals surface area contributed by atoms with Crippen molar-refractivity contribution in [2.24, 2.45) is 0 Å². The molecule has 0 fully saturated rings. The molecule has 0 amide bonds. The van der Waals surface area contributed by atoms with Crippen LogP contribution in [0.2, 0.25) is 0 Å². The molecule has 126 valence electrons. The third-order valence-corrected chi connectivity index (χ3v) is 5.62. The topological polar surface area (TPSA) is 42.9 Å². The molecular formula is C20H17FN2OS. The molecule has 2 aromatic heterocycles. The lowest BCUT2D eigenvalue weighted by Crippen LogP contribution is -2.12. The Morgan fingerprint density at radius 1 is 1.28 bits per heavy atom. The summed E-state index contributed by atoms with van der Waals surface area (Å²) in [6, 6.07) is 8.93. The third kappa shape index (κ3) is 3.12. The van der Waals surface area contributed by atoms with Crippen LogP contribution in [0.1, 0.15) is 35.6 Å². The van der Waals surface area contributed by atoms with E-state index in [0.717, 1.165) is 63.5 Å². The summed E-state index contributed by atoms with van der Waals surface area (Å²) >= 11 is 1.50. The fourth-order valence-electron chi connectivity index (χ4n) is 3.36. The fourth-order valence-corrected chi connectivity index (χ4v) is 4.23. The number of halogens is 1. The van der Waals surface area contributed by atoms with Gasteiger partial charge in [-0.2, -0.15) is 0 Å². The molecule has 3 aromatic rings. The molecule has 1 aliphatic carbocycles. The normalized spacial score (nSPS) is 16.5. The highest BCUT2D eigenvalue weighted by atomic mass is 32.1. The first kappa shape index (κ1) is 16.1. The molecule has 5 heteroatoms. The Hall–Kier alpha value is -2.40. The van der Waals surface area contributed by atoms with Gasteiger partial charge in [0.2, 0.25) is 0 Å². The Bertz CT molecular complexity index is 930. The number of nitrogens with zero attached hydrogens (tertiary/aromatic N) is 2. The van der Waals surface area contributed by atoms with E-state index in [1.165, 1.54) is 23.5 Å². The highest BCUT2D eigenvalue weighted by Crippen LogP contribution is 2.35. The summed E-state index contributed by atoms with van der Waals surface area (Å²) in [6.07, 6.45) is 5.57. The molecule has 3 nitrogen and oxygen atoms in total. The highest BCUT2D eigenvalue weighted by Gasteiger charge is 2.21. The van der Waals surface area contributed by atoms with E-state index in [0.29, 0.717) is 0 Å². The van der Waals surface area contributed by atoms with E-state index >= 15 is 0 Å². The molecule has 0 aliphatic heterocycles. The van der Waals surface area contributed by atoms with E-state index in [1.54, 1.807) is 6.20 Å². The fraction of sp³-hybridized carbons (Fsp3) is 0.250. The van der Waals surface area contributed by atoms with Crippen LogP contribution in [0.3, 0.4) is 0 Å². The van der Waals surface area contributed by atoms with Gasteiger partial charge in [-0.25, -0.2) is 14.4 Å². The van der Waals surface area contributed by atoms with Gasteiger partial charge in [0.25, 0.3) is 0 Å². The number of fused-ring (bicyclic) bond motifs is 1. The van der Waals surface area contributed by atoms with Crippen molar-refractivity contribution in [3.05, 3.63) is 59.2 Å². The van der Waals surface area contributed by atoms with Gasteiger partial charge in [0.05, 0.1) is 10.6 Å². The van der Waals surface area contributed by atoms with Crippen molar-refractivity contribution in [1.82, 2.24) is 9.97 Å². The molecule has 0 radical (unpaired) electrons. The van der Waals surface area contributed by atoms with Crippen LogP contribution in [0.4, 0.5) is 4.39 Å². The zero-order valence-electron chi connectivity index (χ0n) is 13.8. The number of hydrogen-bond donors (Lipinski definition) is 0. The van der Waals surface area contributed by atoms with Crippen LogP contribution in [0.25, 0.3) is 21.1 Å². The predicted molar refractivity (Wildman–Crippen MR) is 97.2 cm³/mol. The second-order valence-corrected chi connectivity index (χ2v) is 7.44. The molecule has 1 aromatic carbocycles. The van der Waals surface area contributed by atoms with Gasteiger partial charge in [0.15, 0.2) is 0 Å². The van der Waals surface area contributed by atoms with Crippen molar-refractivity contribution >= 4 is 17.6 Å². The van der Waals surface area contributed by atoms with Crippen LogP contribution in [0.5, 0.6) is 0 Å². The van der Waals surface area contributed by atoms with Crippen molar-refractivity contribution in [2.45, 2.75) is 32.1 Å². The number of benzene rings is 1. The summed E-state index contributed by atoms with van der Waals surface area (Å²) < 4.78 is 13.6. The van der Waals surface area contributed by atoms with Crippen molar-refractivity contribution in [1.29, 1.82) is 0 Å². The average molecular weight is 352 g/mol. The summed E-state index contributed by atoms with van der Waals surface area (Å²) in [7, 11) is 0. The van der Waals surface area contributed by atoms with E-state index in [4.69, 9.17) is 4.98 Å². The van der Waals surface area contributed by atoms with Gasteiger partial charge >= 0.3 is 0 Å². The molecule has 1 unspecified atom stereocenters. The number of carbonyl (C=O) groups is 1. The lowest BCUT2D eigenvalue weighted by Gasteiger charge is -2.20. The van der Waals surface area contributed by atoms with Gasteiger partial charge in [-0.05, 0) is 61.1 Å². The SMILES string of the molecule is Cc1cc(F)cc(-c2cnc(-c3ccc4c(n3)CCCC4C=O)s2)c1. The van der Waals surface area contributed by atoms with Crippen molar-refractivity contribution in [3.63, 3.8) is 0 Å². The van der Waals surface area contributed by atoms with E-state index < -0.39 is 0 Å². The average Bonchev–Trinajstić information content (AvgIpc) is 3.10. The largest absolute Gasteiger partial charge is 0.303 e. The molecule has 4 rings (SSSR count). The summed E-state index contributed by atoms with van der Waals surface area (Å²) in [5.41, 5.74) is 4.58. The summed E-state index contributed by atoms with van der Waals surface area (Å²) in [5, 5.41) is 0.813. The molecule has 0 spiro atoms. The first-order valence-corrected chi connectivity index (χ1v) is 9.14. The minimum Gasteiger partial charge on any atom is -0.303 e. The molecule has 25 heavy (non-hydrogen) atoms. The van der Waals surface area contributed by atoms with E-state index in [-0.39, 0.29) is 11.7 Å². The number of aldehydes is 1. The van der Waals surface area contributed by atoms with Crippen LogP contribution in [0.15, 0.2) is 36.5 Å². The molecule has 0 saturated carbocycles. The van der Waals surface area contributed by atoms with E-state index in [2.05, 4.69) is 4.98 Å². The predicted octanol–water partition coefficient (Wildman–Crippen LogP) is 4.94. The maximum atomic E-state index is 13.6. The molecule has 0 saturated heterocycles. The maximum Gasteiger partial charge on any atom is 0.142 e. The zero-order chi connectivity index (χ0) is 17.4. The van der Waals surface area contributed by atoms with Crippen LogP contribution in [-0.2, 0) is 11.2 Å². The number of thiazole rings is 1. The number of aryl methyl sites for hydroxylation is 2. The van der Waals surface area contributed by atoms with Crippen LogP contribution in [-0.4, -0.2) is 16.3 Å². The van der Waals surface area contributed by atoms with Gasteiger partial charge in [-0.1, -0.05) is 12.1 Å². The second kappa shape index (κ2) is 6.48. The smallest absolute Gasteiger partial charge is 0.142 e. The minimum absolute atomic E-state index is 0.0348. The van der Waals surface area contributed by atoms with E-state index in [9.17, 15) is 9.18 Å². The summed E-state index contributed by atoms with van der Waals surface area (Å²) in [4.78, 5) is 21.4. The first-order chi connectivity index (χ1) is 12.1. The van der Waals surface area contributed by atoms with Crippen LogP contribution < -0.4 is 0 Å². The summed E-state index contributed by atoms with van der Waals surface area (Å²) in [5.74, 6) is -0.274. The highest BCUT2D eigenvalue weighted by molar-refractivity contribution is 7.18. The van der Waals surface area contributed by atoms with E-state index in [1.807, 2.05) is 25.1 Å². The number of aromatic nitrogens is 2. The van der Waals surface area contributed by atoms with Gasteiger partial charge in [0, 0.05) is 17.8 Å². The molecule has 0 N–H and O–H groups in total. The molecular weight excluding hydrogens is 335 g/mol. The monoisotopic (exact) mass is 352 g/mol. The Morgan fingerprint density at radius 3 is 2.96 bits per heavy atom. The molecule has 0 bridgehead atoms. The number of rotatable bonds is 3. The van der Waals surface area contributed by atoms with Crippen LogP contribution in [0, 0.1) is 12.7 Å². The Labute approximate surface area is 149 Å². The molecule has 2 heterocycles. The zero-order valence-corrected chi connectivity index (χ0v) is 14.6. The number of carbonyl (C=O) groups excluding carboxylic acids is 1. The summed E-state index contributed by atoms with van der Waals surface area (Å²) in [6.45, 7) is 1.88. The van der Waals surface area contributed by atoms with Crippen LogP contribution >= 0.6 is 11.3 Å². The van der Waals surface area contributed by atoms with Crippen molar-refractivity contribution in [3.8, 4) is 21.1 Å². The second-order valence-electron chi connectivity index (χ2n) is 6.41. The Balaban J connectivity index is 1.69. The Kier molecular flexibility index (Phi) is 4.17. The number of hydrogen-bond acceptors (Lipinski definition) is 4. The number of pyridine rings is 1. The van der Waals surface area contributed by atoms with Gasteiger partial charge in [0.1, 0.15) is 17.1 Å². The first-order valence-electron chi connectivity index (χ1n) is 8.33. The van der Waals surface area contributed by atoms with Gasteiger partial charge in [-0.3, -0.25) is 0 Å².